The molecule has 1 aromatic rings. The minimum absolute atomic E-state index is 0.0354. The number of β-amino-alcohol motifs (C(OH)–C–C–N with tert-alkyl or cyclic N) is 1. The Balaban J connectivity index is 2.37. The van der Waals surface area contributed by atoms with Gasteiger partial charge in [-0.05, 0) is 24.5 Å². The van der Waals surface area contributed by atoms with Crippen molar-refractivity contribution in [2.24, 2.45) is 5.92 Å². The fourth-order valence-electron chi connectivity index (χ4n) is 2.38. The van der Waals surface area contributed by atoms with Gasteiger partial charge in [0, 0.05) is 13.1 Å². The van der Waals surface area contributed by atoms with Crippen LogP contribution in [0, 0.1) is 16.0 Å². The highest BCUT2D eigenvalue weighted by atomic mass is 16.6. The number of piperidine rings is 1. The van der Waals surface area contributed by atoms with Crippen molar-refractivity contribution < 1.29 is 14.8 Å². The number of aliphatic hydroxyl groups is 1. The Morgan fingerprint density at radius 2 is 2.26 bits per heavy atom. The van der Waals surface area contributed by atoms with Crippen LogP contribution < -0.4 is 9.64 Å². The van der Waals surface area contributed by atoms with Gasteiger partial charge >= 0.3 is 5.69 Å². The summed E-state index contributed by atoms with van der Waals surface area (Å²) in [6.45, 7) is 3.10. The number of hydrogen-bond donors (Lipinski definition) is 1. The maximum atomic E-state index is 11.2. The highest BCUT2D eigenvalue weighted by molar-refractivity contribution is 5.70. The van der Waals surface area contributed by atoms with Gasteiger partial charge in [0.15, 0.2) is 5.75 Å². The molecule has 0 aliphatic carbocycles. The van der Waals surface area contributed by atoms with E-state index in [1.165, 1.54) is 7.11 Å². The third-order valence-electron chi connectivity index (χ3n) is 3.64. The van der Waals surface area contributed by atoms with Crippen LogP contribution >= 0.6 is 0 Å². The van der Waals surface area contributed by atoms with E-state index in [-0.39, 0.29) is 17.4 Å². The van der Waals surface area contributed by atoms with E-state index in [9.17, 15) is 15.2 Å². The molecule has 6 nitrogen and oxygen atoms in total. The molecule has 1 fully saturated rings. The molecule has 0 saturated carbocycles. The zero-order valence-corrected chi connectivity index (χ0v) is 11.1. The summed E-state index contributed by atoms with van der Waals surface area (Å²) in [5.74, 6) is 0.469. The summed E-state index contributed by atoms with van der Waals surface area (Å²) in [5.41, 5.74) is 0.474. The number of methoxy groups -OCH3 is 1. The number of rotatable bonds is 3. The molecule has 1 aliphatic rings. The lowest BCUT2D eigenvalue weighted by Crippen LogP contribution is -2.43. The third-order valence-corrected chi connectivity index (χ3v) is 3.64. The Morgan fingerprint density at radius 3 is 2.84 bits per heavy atom. The van der Waals surface area contributed by atoms with Crippen molar-refractivity contribution in [1.82, 2.24) is 0 Å². The molecule has 1 saturated heterocycles. The highest BCUT2D eigenvalue weighted by Gasteiger charge is 2.30. The summed E-state index contributed by atoms with van der Waals surface area (Å²) in [5, 5.41) is 21.1. The van der Waals surface area contributed by atoms with Crippen LogP contribution in [0.1, 0.15) is 13.3 Å². The Morgan fingerprint density at radius 1 is 1.53 bits per heavy atom. The summed E-state index contributed by atoms with van der Waals surface area (Å²) in [6, 6.07) is 5.00. The van der Waals surface area contributed by atoms with Crippen LogP contribution in [0.5, 0.6) is 5.75 Å². The van der Waals surface area contributed by atoms with Crippen LogP contribution in [0.2, 0.25) is 0 Å². The van der Waals surface area contributed by atoms with Crippen molar-refractivity contribution in [3.63, 3.8) is 0 Å². The average Bonchev–Trinajstić information content (AvgIpc) is 2.40. The summed E-state index contributed by atoms with van der Waals surface area (Å²) < 4.78 is 5.06. The molecule has 2 atom stereocenters. The van der Waals surface area contributed by atoms with Crippen molar-refractivity contribution in [1.29, 1.82) is 0 Å². The van der Waals surface area contributed by atoms with Crippen molar-refractivity contribution >= 4 is 11.4 Å². The molecule has 1 aliphatic heterocycles. The average molecular weight is 266 g/mol. The molecule has 19 heavy (non-hydrogen) atoms. The molecule has 0 bridgehead atoms. The topological polar surface area (TPSA) is 75.8 Å². The minimum Gasteiger partial charge on any atom is -0.490 e. The Hall–Kier alpha value is -1.82. The van der Waals surface area contributed by atoms with Crippen molar-refractivity contribution in [2.75, 3.05) is 25.1 Å². The first-order valence-corrected chi connectivity index (χ1v) is 6.29. The number of benzene rings is 1. The van der Waals surface area contributed by atoms with Gasteiger partial charge in [-0.1, -0.05) is 13.0 Å². The maximum absolute atomic E-state index is 11.2. The van der Waals surface area contributed by atoms with E-state index in [1.807, 2.05) is 11.8 Å². The SMILES string of the molecule is COc1cccc(N2CCC(C)C(O)C2)c1[N+](=O)[O-]. The third kappa shape index (κ3) is 2.63. The Labute approximate surface area is 111 Å². The summed E-state index contributed by atoms with van der Waals surface area (Å²) in [7, 11) is 1.42. The molecule has 6 heteroatoms. The maximum Gasteiger partial charge on any atom is 0.333 e. The van der Waals surface area contributed by atoms with Gasteiger partial charge in [-0.15, -0.1) is 0 Å². The zero-order chi connectivity index (χ0) is 14.0. The summed E-state index contributed by atoms with van der Waals surface area (Å²) >= 11 is 0. The number of anilines is 1. The van der Waals surface area contributed by atoms with E-state index < -0.39 is 11.0 Å². The second kappa shape index (κ2) is 5.44. The molecule has 104 valence electrons. The molecule has 0 amide bonds. The van der Waals surface area contributed by atoms with Gasteiger partial charge in [-0.25, -0.2) is 0 Å². The first-order chi connectivity index (χ1) is 9.04. The standard InChI is InChI=1S/C13H18N2O4/c1-9-6-7-14(8-11(9)16)10-4-3-5-12(19-2)13(10)15(17)18/h3-5,9,11,16H,6-8H2,1-2H3. The number of nitro groups is 1. The van der Waals surface area contributed by atoms with Crippen LogP contribution in [-0.2, 0) is 0 Å². The van der Waals surface area contributed by atoms with Crippen LogP contribution in [0.3, 0.4) is 0 Å². The van der Waals surface area contributed by atoms with E-state index in [4.69, 9.17) is 4.74 Å². The number of nitrogens with zero attached hydrogens (tertiary/aromatic N) is 2. The van der Waals surface area contributed by atoms with E-state index in [1.54, 1.807) is 18.2 Å². The Kier molecular flexibility index (Phi) is 3.90. The fraction of sp³-hybridized carbons (Fsp3) is 0.538. The van der Waals surface area contributed by atoms with Gasteiger partial charge < -0.3 is 14.7 Å². The minimum atomic E-state index is -0.459. The summed E-state index contributed by atoms with van der Waals surface area (Å²) in [6.07, 6.45) is 0.356. The number of hydrogen-bond acceptors (Lipinski definition) is 5. The Bertz CT molecular complexity index is 478. The first kappa shape index (κ1) is 13.6. The normalized spacial score (nSPS) is 23.2. The number of para-hydroxylation sites is 1. The van der Waals surface area contributed by atoms with Gasteiger partial charge in [0.05, 0.1) is 18.1 Å². The molecular weight excluding hydrogens is 248 g/mol. The van der Waals surface area contributed by atoms with Crippen LogP contribution in [0.4, 0.5) is 11.4 Å². The van der Waals surface area contributed by atoms with Crippen molar-refractivity contribution in [3.05, 3.63) is 28.3 Å². The molecular formula is C13H18N2O4. The van der Waals surface area contributed by atoms with Crippen LogP contribution in [0.25, 0.3) is 0 Å². The highest BCUT2D eigenvalue weighted by Crippen LogP contribution is 2.38. The first-order valence-electron chi connectivity index (χ1n) is 6.29. The van der Waals surface area contributed by atoms with Crippen LogP contribution in [0.15, 0.2) is 18.2 Å². The lowest BCUT2D eigenvalue weighted by Gasteiger charge is -2.35. The van der Waals surface area contributed by atoms with Gasteiger partial charge in [-0.3, -0.25) is 10.1 Å². The second-order valence-corrected chi connectivity index (χ2v) is 4.86. The molecule has 1 N–H and O–H groups in total. The van der Waals surface area contributed by atoms with E-state index in [0.717, 1.165) is 6.42 Å². The van der Waals surface area contributed by atoms with E-state index in [0.29, 0.717) is 18.8 Å². The number of ether oxygens (including phenoxy) is 1. The summed E-state index contributed by atoms with van der Waals surface area (Å²) in [4.78, 5) is 12.6. The molecule has 1 heterocycles. The van der Waals surface area contributed by atoms with E-state index in [2.05, 4.69) is 0 Å². The smallest absolute Gasteiger partial charge is 0.333 e. The molecule has 0 aromatic heterocycles. The molecule has 0 radical (unpaired) electrons. The molecule has 0 spiro atoms. The molecule has 1 aromatic carbocycles. The predicted molar refractivity (Wildman–Crippen MR) is 71.6 cm³/mol. The fourth-order valence-corrected chi connectivity index (χ4v) is 2.38. The number of aliphatic hydroxyl groups excluding tert-OH is 1. The van der Waals surface area contributed by atoms with Gasteiger partial charge in [0.2, 0.25) is 0 Å². The van der Waals surface area contributed by atoms with Gasteiger partial charge in [-0.2, -0.15) is 0 Å². The zero-order valence-electron chi connectivity index (χ0n) is 11.1. The predicted octanol–water partition coefficient (Wildman–Crippen LogP) is 1.81. The molecule has 2 unspecified atom stereocenters. The monoisotopic (exact) mass is 266 g/mol. The lowest BCUT2D eigenvalue weighted by atomic mass is 9.95. The van der Waals surface area contributed by atoms with Crippen molar-refractivity contribution in [2.45, 2.75) is 19.4 Å². The largest absolute Gasteiger partial charge is 0.490 e. The number of nitro benzene ring substituents is 1. The lowest BCUT2D eigenvalue weighted by molar-refractivity contribution is -0.385. The molecule has 2 rings (SSSR count). The van der Waals surface area contributed by atoms with E-state index >= 15 is 0 Å². The van der Waals surface area contributed by atoms with Crippen molar-refractivity contribution in [3.8, 4) is 5.75 Å². The van der Waals surface area contributed by atoms with Crippen LogP contribution in [-0.4, -0.2) is 36.3 Å². The quantitative estimate of drug-likeness (QED) is 0.667. The van der Waals surface area contributed by atoms with Gasteiger partial charge in [0.1, 0.15) is 5.69 Å². The second-order valence-electron chi connectivity index (χ2n) is 4.86. The van der Waals surface area contributed by atoms with Gasteiger partial charge in [0.25, 0.3) is 0 Å².